The van der Waals surface area contributed by atoms with Gasteiger partial charge in [-0.3, -0.25) is 14.6 Å². The molecule has 0 unspecified atom stereocenters. The molecule has 0 N–H and O–H groups in total. The van der Waals surface area contributed by atoms with Crippen molar-refractivity contribution in [2.45, 2.75) is 32.1 Å². The zero-order valence-corrected chi connectivity index (χ0v) is 17.4. The van der Waals surface area contributed by atoms with Crippen molar-refractivity contribution >= 4 is 17.5 Å². The van der Waals surface area contributed by atoms with Crippen LogP contribution < -0.4 is 9.80 Å². The van der Waals surface area contributed by atoms with Crippen molar-refractivity contribution < 1.29 is 9.18 Å². The number of halogens is 1. The minimum Gasteiger partial charge on any atom is -0.354 e. The van der Waals surface area contributed by atoms with Gasteiger partial charge in [-0.15, -0.1) is 0 Å². The van der Waals surface area contributed by atoms with Crippen LogP contribution in [0, 0.1) is 11.9 Å². The third-order valence-electron chi connectivity index (χ3n) is 6.18. The van der Waals surface area contributed by atoms with Gasteiger partial charge in [0.2, 0.25) is 11.9 Å². The third-order valence-corrected chi connectivity index (χ3v) is 6.18. The summed E-state index contributed by atoms with van der Waals surface area (Å²) in [6.07, 6.45) is 7.24. The Morgan fingerprint density at radius 3 is 2.53 bits per heavy atom. The Morgan fingerprint density at radius 1 is 1.03 bits per heavy atom. The van der Waals surface area contributed by atoms with Crippen molar-refractivity contribution in [1.29, 1.82) is 0 Å². The molecule has 1 saturated heterocycles. The van der Waals surface area contributed by atoms with E-state index in [4.69, 9.17) is 0 Å². The van der Waals surface area contributed by atoms with E-state index >= 15 is 0 Å². The fourth-order valence-corrected chi connectivity index (χ4v) is 4.44. The summed E-state index contributed by atoms with van der Waals surface area (Å²) >= 11 is 0. The number of carbonyl (C=O) groups excluding carboxylic acids is 1. The van der Waals surface area contributed by atoms with Gasteiger partial charge in [0.25, 0.3) is 0 Å². The second-order valence-electron chi connectivity index (χ2n) is 8.16. The van der Waals surface area contributed by atoms with Crippen LogP contribution in [-0.2, 0) is 4.79 Å². The monoisotopic (exact) mass is 411 g/mol. The molecule has 7 heteroatoms. The predicted octanol–water partition coefficient (Wildman–Crippen LogP) is 3.35. The van der Waals surface area contributed by atoms with E-state index in [-0.39, 0.29) is 11.8 Å². The second-order valence-corrected chi connectivity index (χ2v) is 8.16. The molecule has 0 spiro atoms. The van der Waals surface area contributed by atoms with E-state index in [1.54, 1.807) is 12.3 Å². The number of nitrogens with zero attached hydrogens (tertiary/aromatic N) is 5. The summed E-state index contributed by atoms with van der Waals surface area (Å²) in [6.45, 7) is 4.79. The summed E-state index contributed by atoms with van der Waals surface area (Å²) < 4.78 is 13.4. The highest BCUT2D eigenvalue weighted by Gasteiger charge is 2.28. The van der Waals surface area contributed by atoms with Gasteiger partial charge in [-0.1, -0.05) is 31.4 Å². The molecule has 0 radical (unpaired) electrons. The van der Waals surface area contributed by atoms with Crippen molar-refractivity contribution in [3.63, 3.8) is 0 Å². The number of pyridine rings is 2. The standard InChI is InChI=1S/C23H30FN5O/c24-20-9-6-11-22(26-20)28-16-13-27(14-17-28)15-18-29(21-10-4-5-12-25-21)23(30)19-7-2-1-3-8-19/h4-6,9-12,19H,1-3,7-8,13-18H2. The van der Waals surface area contributed by atoms with Gasteiger partial charge < -0.3 is 4.90 Å². The lowest BCUT2D eigenvalue weighted by Gasteiger charge is -2.36. The topological polar surface area (TPSA) is 52.6 Å². The van der Waals surface area contributed by atoms with Crippen LogP contribution in [-0.4, -0.2) is 60.0 Å². The Balaban J connectivity index is 1.35. The van der Waals surface area contributed by atoms with Gasteiger partial charge in [0.15, 0.2) is 0 Å². The number of rotatable bonds is 6. The first-order valence-corrected chi connectivity index (χ1v) is 11.0. The third kappa shape index (κ3) is 5.14. The lowest BCUT2D eigenvalue weighted by atomic mass is 9.88. The Labute approximate surface area is 177 Å². The molecule has 1 aliphatic heterocycles. The lowest BCUT2D eigenvalue weighted by Crippen LogP contribution is -2.50. The van der Waals surface area contributed by atoms with Crippen molar-refractivity contribution in [3.05, 3.63) is 48.5 Å². The first-order valence-electron chi connectivity index (χ1n) is 11.0. The maximum Gasteiger partial charge on any atom is 0.231 e. The maximum atomic E-state index is 13.4. The highest BCUT2D eigenvalue weighted by molar-refractivity contribution is 5.94. The second kappa shape index (κ2) is 9.98. The summed E-state index contributed by atoms with van der Waals surface area (Å²) in [5.41, 5.74) is 0. The number of amides is 1. The molecular formula is C23H30FN5O. The summed E-state index contributed by atoms with van der Waals surface area (Å²) in [5.74, 6) is 1.34. The SMILES string of the molecule is O=C(C1CCCCC1)N(CCN1CCN(c2cccc(F)n2)CC1)c1ccccn1. The van der Waals surface area contributed by atoms with Crippen LogP contribution in [0.25, 0.3) is 0 Å². The first kappa shape index (κ1) is 20.7. The zero-order valence-electron chi connectivity index (χ0n) is 17.4. The highest BCUT2D eigenvalue weighted by Crippen LogP contribution is 2.27. The van der Waals surface area contributed by atoms with Gasteiger partial charge >= 0.3 is 0 Å². The molecule has 2 aromatic heterocycles. The molecule has 0 atom stereocenters. The number of carbonyl (C=O) groups is 1. The van der Waals surface area contributed by atoms with Crippen molar-refractivity contribution in [2.24, 2.45) is 5.92 Å². The molecule has 2 aliphatic rings. The van der Waals surface area contributed by atoms with E-state index < -0.39 is 5.95 Å². The van der Waals surface area contributed by atoms with Crippen LogP contribution in [0.5, 0.6) is 0 Å². The van der Waals surface area contributed by atoms with Crippen LogP contribution in [0.3, 0.4) is 0 Å². The number of anilines is 2. The van der Waals surface area contributed by atoms with Crippen LogP contribution in [0.15, 0.2) is 42.6 Å². The number of piperazine rings is 1. The Morgan fingerprint density at radius 2 is 1.83 bits per heavy atom. The Kier molecular flexibility index (Phi) is 6.89. The number of aromatic nitrogens is 2. The predicted molar refractivity (Wildman–Crippen MR) is 116 cm³/mol. The van der Waals surface area contributed by atoms with Gasteiger partial charge in [0, 0.05) is 51.4 Å². The summed E-state index contributed by atoms with van der Waals surface area (Å²) in [5, 5.41) is 0. The Hall–Kier alpha value is -2.54. The maximum absolute atomic E-state index is 13.4. The molecule has 0 bridgehead atoms. The van der Waals surface area contributed by atoms with E-state index in [0.717, 1.165) is 64.2 Å². The zero-order chi connectivity index (χ0) is 20.8. The summed E-state index contributed by atoms with van der Waals surface area (Å²) in [6, 6.07) is 10.7. The first-order chi connectivity index (χ1) is 14.7. The largest absolute Gasteiger partial charge is 0.354 e. The van der Waals surface area contributed by atoms with E-state index in [1.807, 2.05) is 29.2 Å². The molecule has 4 rings (SSSR count). The molecule has 3 heterocycles. The molecule has 1 amide bonds. The van der Waals surface area contributed by atoms with Crippen LogP contribution in [0.1, 0.15) is 32.1 Å². The fourth-order valence-electron chi connectivity index (χ4n) is 4.44. The van der Waals surface area contributed by atoms with E-state index in [0.29, 0.717) is 12.4 Å². The lowest BCUT2D eigenvalue weighted by molar-refractivity contribution is -0.123. The van der Waals surface area contributed by atoms with E-state index in [9.17, 15) is 9.18 Å². The van der Waals surface area contributed by atoms with Crippen LogP contribution in [0.4, 0.5) is 16.0 Å². The minimum absolute atomic E-state index is 0.122. The van der Waals surface area contributed by atoms with Crippen LogP contribution >= 0.6 is 0 Å². The molecule has 30 heavy (non-hydrogen) atoms. The molecule has 1 saturated carbocycles. The molecule has 160 valence electrons. The van der Waals surface area contributed by atoms with Crippen molar-refractivity contribution in [3.8, 4) is 0 Å². The number of hydrogen-bond donors (Lipinski definition) is 0. The van der Waals surface area contributed by atoms with Crippen LogP contribution in [0.2, 0.25) is 0 Å². The van der Waals surface area contributed by atoms with E-state index in [1.165, 1.54) is 12.5 Å². The van der Waals surface area contributed by atoms with Gasteiger partial charge in [-0.2, -0.15) is 4.39 Å². The van der Waals surface area contributed by atoms with Gasteiger partial charge in [-0.25, -0.2) is 9.97 Å². The molecule has 1 aliphatic carbocycles. The van der Waals surface area contributed by atoms with Crippen molar-refractivity contribution in [1.82, 2.24) is 14.9 Å². The van der Waals surface area contributed by atoms with E-state index in [2.05, 4.69) is 19.8 Å². The normalized spacial score (nSPS) is 18.4. The average molecular weight is 412 g/mol. The Bertz CT molecular complexity index is 819. The minimum atomic E-state index is -0.442. The summed E-state index contributed by atoms with van der Waals surface area (Å²) in [4.78, 5) is 28.1. The molecular weight excluding hydrogens is 381 g/mol. The molecule has 2 fully saturated rings. The number of hydrogen-bond acceptors (Lipinski definition) is 5. The molecule has 6 nitrogen and oxygen atoms in total. The fraction of sp³-hybridized carbons (Fsp3) is 0.522. The quantitative estimate of drug-likeness (QED) is 0.683. The van der Waals surface area contributed by atoms with Gasteiger partial charge in [0.05, 0.1) is 0 Å². The van der Waals surface area contributed by atoms with Gasteiger partial charge in [-0.05, 0) is 37.1 Å². The molecule has 2 aromatic rings. The molecule has 0 aromatic carbocycles. The summed E-state index contributed by atoms with van der Waals surface area (Å²) in [7, 11) is 0. The van der Waals surface area contributed by atoms with Crippen molar-refractivity contribution in [2.75, 3.05) is 49.1 Å². The van der Waals surface area contributed by atoms with Gasteiger partial charge in [0.1, 0.15) is 11.6 Å². The smallest absolute Gasteiger partial charge is 0.231 e. The average Bonchev–Trinajstić information content (AvgIpc) is 2.81. The highest BCUT2D eigenvalue weighted by atomic mass is 19.1.